The summed E-state index contributed by atoms with van der Waals surface area (Å²) in [4.78, 5) is 2.37. The van der Waals surface area contributed by atoms with Crippen molar-refractivity contribution in [2.24, 2.45) is 0 Å². The molecule has 1 N–H and O–H groups in total. The molecule has 0 unspecified atom stereocenters. The van der Waals surface area contributed by atoms with Crippen LogP contribution in [-0.2, 0) is 6.54 Å². The second-order valence-corrected chi connectivity index (χ2v) is 7.69. The molecule has 0 saturated carbocycles. The van der Waals surface area contributed by atoms with E-state index in [4.69, 9.17) is 21.1 Å². The van der Waals surface area contributed by atoms with Gasteiger partial charge in [-0.2, -0.15) is 0 Å². The van der Waals surface area contributed by atoms with E-state index < -0.39 is 0 Å². The first kappa shape index (κ1) is 19.2. The SMILES string of the molecule is COc1cc(Br)cc(CNc2ccc(N3CCCCC3)c(Cl)c2)c1OC. The van der Waals surface area contributed by atoms with Crippen molar-refractivity contribution in [3.05, 3.63) is 45.4 Å². The van der Waals surface area contributed by atoms with Crippen LogP contribution in [0, 0.1) is 0 Å². The van der Waals surface area contributed by atoms with Gasteiger partial charge in [0, 0.05) is 35.4 Å². The zero-order chi connectivity index (χ0) is 18.5. The Labute approximate surface area is 168 Å². The number of benzene rings is 2. The lowest BCUT2D eigenvalue weighted by molar-refractivity contribution is 0.352. The van der Waals surface area contributed by atoms with E-state index >= 15 is 0 Å². The van der Waals surface area contributed by atoms with Crippen molar-refractivity contribution in [3.63, 3.8) is 0 Å². The maximum absolute atomic E-state index is 6.54. The summed E-state index contributed by atoms with van der Waals surface area (Å²) in [5, 5.41) is 4.21. The maximum Gasteiger partial charge on any atom is 0.165 e. The number of piperidine rings is 1. The van der Waals surface area contributed by atoms with Crippen LogP contribution in [0.4, 0.5) is 11.4 Å². The number of nitrogens with one attached hydrogen (secondary N) is 1. The second kappa shape index (κ2) is 8.87. The minimum atomic E-state index is 0.609. The van der Waals surface area contributed by atoms with E-state index in [1.54, 1.807) is 14.2 Å². The van der Waals surface area contributed by atoms with E-state index in [9.17, 15) is 0 Å². The van der Waals surface area contributed by atoms with E-state index in [0.717, 1.165) is 45.3 Å². The lowest BCUT2D eigenvalue weighted by Gasteiger charge is -2.29. The largest absolute Gasteiger partial charge is 0.493 e. The Morgan fingerprint density at radius 3 is 2.50 bits per heavy atom. The fourth-order valence-corrected chi connectivity index (χ4v) is 4.13. The van der Waals surface area contributed by atoms with Crippen molar-refractivity contribution in [1.82, 2.24) is 0 Å². The lowest BCUT2D eigenvalue weighted by atomic mass is 10.1. The molecule has 2 aromatic carbocycles. The summed E-state index contributed by atoms with van der Waals surface area (Å²) >= 11 is 10.1. The highest BCUT2D eigenvalue weighted by atomic mass is 79.9. The first-order valence-corrected chi connectivity index (χ1v) is 9.98. The van der Waals surface area contributed by atoms with Crippen LogP contribution in [-0.4, -0.2) is 27.3 Å². The van der Waals surface area contributed by atoms with Gasteiger partial charge >= 0.3 is 0 Å². The standard InChI is InChI=1S/C20H24BrClN2O2/c1-25-19-11-15(21)10-14(20(19)26-2)13-23-16-6-7-18(17(22)12-16)24-8-4-3-5-9-24/h6-7,10-12,23H,3-5,8-9,13H2,1-2H3. The number of hydrogen-bond donors (Lipinski definition) is 1. The molecule has 1 aliphatic heterocycles. The zero-order valence-corrected chi connectivity index (χ0v) is 17.5. The number of rotatable bonds is 6. The van der Waals surface area contributed by atoms with Crippen molar-refractivity contribution in [3.8, 4) is 11.5 Å². The topological polar surface area (TPSA) is 33.7 Å². The molecule has 1 fully saturated rings. The molecule has 6 heteroatoms. The minimum Gasteiger partial charge on any atom is -0.493 e. The van der Waals surface area contributed by atoms with Crippen LogP contribution in [0.2, 0.25) is 5.02 Å². The van der Waals surface area contributed by atoms with Gasteiger partial charge in [-0.3, -0.25) is 0 Å². The quantitative estimate of drug-likeness (QED) is 0.624. The van der Waals surface area contributed by atoms with Crippen molar-refractivity contribution in [2.75, 3.05) is 37.5 Å². The van der Waals surface area contributed by atoms with Crippen LogP contribution < -0.4 is 19.7 Å². The summed E-state index contributed by atoms with van der Waals surface area (Å²) in [5.74, 6) is 1.44. The van der Waals surface area contributed by atoms with Gasteiger partial charge in [0.1, 0.15) is 0 Å². The predicted octanol–water partition coefficient (Wildman–Crippen LogP) is 5.72. The Morgan fingerprint density at radius 1 is 1.08 bits per heavy atom. The van der Waals surface area contributed by atoms with Crippen LogP contribution >= 0.6 is 27.5 Å². The highest BCUT2D eigenvalue weighted by molar-refractivity contribution is 9.10. The molecular formula is C20H24BrClN2O2. The molecule has 2 aromatic rings. The summed E-state index contributed by atoms with van der Waals surface area (Å²) in [7, 11) is 3.29. The number of hydrogen-bond acceptors (Lipinski definition) is 4. The summed E-state index contributed by atoms with van der Waals surface area (Å²) in [6.45, 7) is 2.78. The summed E-state index contributed by atoms with van der Waals surface area (Å²) < 4.78 is 11.9. The Kier molecular flexibility index (Phi) is 6.54. The van der Waals surface area contributed by atoms with Crippen LogP contribution in [0.3, 0.4) is 0 Å². The molecule has 0 amide bonds. The molecule has 0 radical (unpaired) electrons. The van der Waals surface area contributed by atoms with E-state index in [-0.39, 0.29) is 0 Å². The molecule has 1 saturated heterocycles. The molecule has 1 aliphatic rings. The van der Waals surface area contributed by atoms with Gasteiger partial charge in [-0.05, 0) is 49.6 Å². The van der Waals surface area contributed by atoms with Crippen molar-refractivity contribution in [1.29, 1.82) is 0 Å². The van der Waals surface area contributed by atoms with Gasteiger partial charge in [0.2, 0.25) is 0 Å². The van der Waals surface area contributed by atoms with E-state index in [1.165, 1.54) is 19.3 Å². The number of ether oxygens (including phenoxy) is 2. The maximum atomic E-state index is 6.54. The van der Waals surface area contributed by atoms with Crippen molar-refractivity contribution >= 4 is 38.9 Å². The van der Waals surface area contributed by atoms with E-state index in [1.807, 2.05) is 18.2 Å². The van der Waals surface area contributed by atoms with Crippen LogP contribution in [0.15, 0.2) is 34.8 Å². The molecule has 3 rings (SSSR count). The van der Waals surface area contributed by atoms with Crippen molar-refractivity contribution < 1.29 is 9.47 Å². The van der Waals surface area contributed by atoms with Gasteiger partial charge in [-0.1, -0.05) is 27.5 Å². The van der Waals surface area contributed by atoms with Crippen LogP contribution in [0.25, 0.3) is 0 Å². The summed E-state index contributed by atoms with van der Waals surface area (Å²) in [6, 6.07) is 10.1. The predicted molar refractivity (Wildman–Crippen MR) is 112 cm³/mol. The minimum absolute atomic E-state index is 0.609. The Balaban J connectivity index is 1.74. The number of halogens is 2. The molecule has 26 heavy (non-hydrogen) atoms. The third kappa shape index (κ3) is 4.38. The summed E-state index contributed by atoms with van der Waals surface area (Å²) in [6.07, 6.45) is 3.79. The molecule has 0 spiro atoms. The first-order valence-electron chi connectivity index (χ1n) is 8.81. The molecule has 0 atom stereocenters. The molecule has 0 bridgehead atoms. The van der Waals surface area contributed by atoms with Crippen LogP contribution in [0.1, 0.15) is 24.8 Å². The fourth-order valence-electron chi connectivity index (χ4n) is 3.34. The van der Waals surface area contributed by atoms with Gasteiger partial charge < -0.3 is 19.7 Å². The Hall–Kier alpha value is -1.59. The van der Waals surface area contributed by atoms with Crippen LogP contribution in [0.5, 0.6) is 11.5 Å². The molecule has 0 aliphatic carbocycles. The van der Waals surface area contributed by atoms with Gasteiger partial charge in [-0.25, -0.2) is 0 Å². The van der Waals surface area contributed by atoms with E-state index in [0.29, 0.717) is 12.3 Å². The highest BCUT2D eigenvalue weighted by Crippen LogP contribution is 2.36. The van der Waals surface area contributed by atoms with Gasteiger partial charge in [0.15, 0.2) is 11.5 Å². The number of anilines is 2. The zero-order valence-electron chi connectivity index (χ0n) is 15.1. The monoisotopic (exact) mass is 438 g/mol. The lowest BCUT2D eigenvalue weighted by Crippen LogP contribution is -2.29. The third-order valence-corrected chi connectivity index (χ3v) is 5.41. The van der Waals surface area contributed by atoms with Gasteiger partial charge in [0.05, 0.1) is 24.9 Å². The molecule has 1 heterocycles. The average Bonchev–Trinajstić information content (AvgIpc) is 2.66. The fraction of sp³-hybridized carbons (Fsp3) is 0.400. The third-order valence-electron chi connectivity index (χ3n) is 4.65. The number of methoxy groups -OCH3 is 2. The molecular weight excluding hydrogens is 416 g/mol. The van der Waals surface area contributed by atoms with Gasteiger partial charge in [0.25, 0.3) is 0 Å². The Morgan fingerprint density at radius 2 is 1.85 bits per heavy atom. The Bertz CT molecular complexity index is 764. The first-order chi connectivity index (χ1) is 12.6. The van der Waals surface area contributed by atoms with Gasteiger partial charge in [-0.15, -0.1) is 0 Å². The number of nitrogens with zero attached hydrogens (tertiary/aromatic N) is 1. The molecule has 4 nitrogen and oxygen atoms in total. The highest BCUT2D eigenvalue weighted by Gasteiger charge is 2.15. The molecule has 140 valence electrons. The summed E-state index contributed by atoms with van der Waals surface area (Å²) in [5.41, 5.74) is 3.12. The smallest absolute Gasteiger partial charge is 0.165 e. The average molecular weight is 440 g/mol. The second-order valence-electron chi connectivity index (χ2n) is 6.37. The molecule has 0 aromatic heterocycles. The van der Waals surface area contributed by atoms with E-state index in [2.05, 4.69) is 38.3 Å². The van der Waals surface area contributed by atoms with Crippen molar-refractivity contribution in [2.45, 2.75) is 25.8 Å². The normalized spacial score (nSPS) is 14.2.